The summed E-state index contributed by atoms with van der Waals surface area (Å²) < 4.78 is 21.2. The number of imidazole rings is 1. The lowest BCUT2D eigenvalue weighted by atomic mass is 9.86. The molecule has 3 heterocycles. The lowest BCUT2D eigenvalue weighted by Crippen LogP contribution is -2.50. The smallest absolute Gasteiger partial charge is 0.234 e. The Morgan fingerprint density at radius 3 is 2.62 bits per heavy atom. The van der Waals surface area contributed by atoms with Crippen LogP contribution < -0.4 is 4.74 Å². The summed E-state index contributed by atoms with van der Waals surface area (Å²) in [6, 6.07) is 12.7. The van der Waals surface area contributed by atoms with Crippen LogP contribution in [0.1, 0.15) is 43.0 Å². The van der Waals surface area contributed by atoms with Crippen molar-refractivity contribution in [2.24, 2.45) is 10.6 Å². The summed E-state index contributed by atoms with van der Waals surface area (Å²) in [6.07, 6.45) is 9.31. The van der Waals surface area contributed by atoms with Gasteiger partial charge in [0.25, 0.3) is 0 Å². The van der Waals surface area contributed by atoms with E-state index in [-0.39, 0.29) is 11.2 Å². The Labute approximate surface area is 198 Å². The highest BCUT2D eigenvalue weighted by Gasteiger charge is 2.56. The number of aryl methyl sites for hydroxylation is 1. The summed E-state index contributed by atoms with van der Waals surface area (Å²) in [5.74, 6) is 1.38. The molecule has 2 aliphatic heterocycles. The van der Waals surface area contributed by atoms with Gasteiger partial charge in [-0.1, -0.05) is 23.4 Å². The van der Waals surface area contributed by atoms with Crippen LogP contribution in [0.15, 0.2) is 65.7 Å². The number of fused-ring (bicyclic) bond motifs is 1. The summed E-state index contributed by atoms with van der Waals surface area (Å²) in [4.78, 5) is 12.6. The molecule has 1 aliphatic carbocycles. The zero-order valence-electron chi connectivity index (χ0n) is 19.6. The summed E-state index contributed by atoms with van der Waals surface area (Å²) in [5.41, 5.74) is 4.49. The summed E-state index contributed by atoms with van der Waals surface area (Å²) >= 11 is 0. The van der Waals surface area contributed by atoms with E-state index in [1.165, 1.54) is 25.0 Å². The number of halogens is 1. The van der Waals surface area contributed by atoms with Crippen molar-refractivity contribution in [1.29, 1.82) is 0 Å². The highest BCUT2D eigenvalue weighted by molar-refractivity contribution is 6.04. The topological polar surface area (TPSA) is 51.9 Å². The van der Waals surface area contributed by atoms with Gasteiger partial charge >= 0.3 is 0 Å². The molecule has 6 rings (SSSR count). The maximum atomic E-state index is 13.6. The van der Waals surface area contributed by atoms with Crippen LogP contribution in [-0.2, 0) is 10.6 Å². The van der Waals surface area contributed by atoms with Crippen LogP contribution in [0, 0.1) is 18.2 Å². The van der Waals surface area contributed by atoms with Crippen molar-refractivity contribution in [3.63, 3.8) is 0 Å². The molecule has 1 saturated carbocycles. The van der Waals surface area contributed by atoms with Gasteiger partial charge in [-0.25, -0.2) is 9.37 Å². The van der Waals surface area contributed by atoms with Gasteiger partial charge in [-0.3, -0.25) is 0 Å². The van der Waals surface area contributed by atoms with Crippen LogP contribution in [0.25, 0.3) is 11.8 Å². The molecular weight excluding hydrogens is 431 g/mol. The molecule has 2 fully saturated rings. The standard InChI is InChI=1S/C27H27FN4O2/c1-18-15-31(17-29-18)23-9-4-19(13-24(23)33-3)12-20-14-27(10-11-27)16-32-25(20)30-34-26(32,2)21-5-7-22(28)8-6-21/h4-9,12-13,15,17H,10-11,14,16H2,1-3H3/b20-12+. The molecule has 7 heteroatoms. The Hall–Kier alpha value is -3.61. The Morgan fingerprint density at radius 2 is 1.94 bits per heavy atom. The normalized spacial score (nSPS) is 23.6. The minimum absolute atomic E-state index is 0.248. The number of aromatic nitrogens is 2. The maximum absolute atomic E-state index is 13.6. The minimum atomic E-state index is -0.751. The minimum Gasteiger partial charge on any atom is -0.495 e. The van der Waals surface area contributed by atoms with Crippen molar-refractivity contribution < 1.29 is 14.0 Å². The van der Waals surface area contributed by atoms with E-state index in [1.807, 2.05) is 30.7 Å². The molecule has 1 saturated heterocycles. The van der Waals surface area contributed by atoms with Crippen molar-refractivity contribution in [1.82, 2.24) is 14.5 Å². The predicted molar refractivity (Wildman–Crippen MR) is 128 cm³/mol. The molecule has 3 aromatic rings. The number of amidine groups is 1. The van der Waals surface area contributed by atoms with Gasteiger partial charge in [0, 0.05) is 25.2 Å². The number of benzene rings is 2. The highest BCUT2D eigenvalue weighted by Crippen LogP contribution is 2.57. The fourth-order valence-corrected chi connectivity index (χ4v) is 5.11. The molecule has 0 amide bonds. The Bertz CT molecular complexity index is 1320. The quantitative estimate of drug-likeness (QED) is 0.524. The van der Waals surface area contributed by atoms with E-state index in [4.69, 9.17) is 9.57 Å². The van der Waals surface area contributed by atoms with Crippen LogP contribution in [0.4, 0.5) is 4.39 Å². The number of oxime groups is 1. The zero-order valence-corrected chi connectivity index (χ0v) is 19.6. The third-order valence-corrected chi connectivity index (χ3v) is 7.30. The van der Waals surface area contributed by atoms with Gasteiger partial charge in [-0.2, -0.15) is 0 Å². The van der Waals surface area contributed by atoms with Gasteiger partial charge in [-0.05, 0) is 73.1 Å². The number of nitrogens with zero attached hydrogens (tertiary/aromatic N) is 4. The third-order valence-electron chi connectivity index (χ3n) is 7.30. The molecule has 6 nitrogen and oxygen atoms in total. The number of rotatable bonds is 4. The van der Waals surface area contributed by atoms with Crippen LogP contribution in [0.3, 0.4) is 0 Å². The molecule has 34 heavy (non-hydrogen) atoms. The Balaban J connectivity index is 1.36. The lowest BCUT2D eigenvalue weighted by molar-refractivity contribution is -0.0968. The second-order valence-corrected chi connectivity index (χ2v) is 9.78. The van der Waals surface area contributed by atoms with Gasteiger partial charge in [0.2, 0.25) is 5.72 Å². The van der Waals surface area contributed by atoms with Crippen LogP contribution in [-0.4, -0.2) is 33.9 Å². The molecule has 0 radical (unpaired) electrons. The fraction of sp³-hybridized carbons (Fsp3) is 0.333. The second kappa shape index (κ2) is 7.45. The number of hydrogen-bond acceptors (Lipinski definition) is 5. The maximum Gasteiger partial charge on any atom is 0.234 e. The summed E-state index contributed by atoms with van der Waals surface area (Å²) in [5, 5.41) is 4.53. The number of hydrogen-bond donors (Lipinski definition) is 0. The van der Waals surface area contributed by atoms with Crippen molar-refractivity contribution in [2.45, 2.75) is 38.8 Å². The lowest BCUT2D eigenvalue weighted by Gasteiger charge is -2.41. The number of ether oxygens (including phenoxy) is 1. The molecule has 1 atom stereocenters. The van der Waals surface area contributed by atoms with Crippen molar-refractivity contribution in [3.05, 3.63) is 83.2 Å². The molecular formula is C27H27FN4O2. The van der Waals surface area contributed by atoms with Crippen LogP contribution in [0.2, 0.25) is 0 Å². The molecule has 3 aliphatic rings. The van der Waals surface area contributed by atoms with Crippen molar-refractivity contribution >= 4 is 11.9 Å². The largest absolute Gasteiger partial charge is 0.495 e. The highest BCUT2D eigenvalue weighted by atomic mass is 19.1. The van der Waals surface area contributed by atoms with E-state index in [1.54, 1.807) is 25.6 Å². The Kier molecular flexibility index (Phi) is 4.59. The summed E-state index contributed by atoms with van der Waals surface area (Å²) in [7, 11) is 1.68. The van der Waals surface area contributed by atoms with E-state index in [0.717, 1.165) is 52.6 Å². The van der Waals surface area contributed by atoms with E-state index in [9.17, 15) is 4.39 Å². The first kappa shape index (κ1) is 21.0. The number of methoxy groups -OCH3 is 1. The molecule has 1 unspecified atom stereocenters. The van der Waals surface area contributed by atoms with Gasteiger partial charge < -0.3 is 19.0 Å². The van der Waals surface area contributed by atoms with Gasteiger partial charge in [0.1, 0.15) is 11.6 Å². The second-order valence-electron chi connectivity index (χ2n) is 9.78. The van der Waals surface area contributed by atoms with Gasteiger partial charge in [0.05, 0.1) is 24.8 Å². The zero-order chi connectivity index (χ0) is 23.5. The molecule has 1 aromatic heterocycles. The molecule has 0 N–H and O–H groups in total. The first-order chi connectivity index (χ1) is 16.4. The van der Waals surface area contributed by atoms with E-state index < -0.39 is 5.72 Å². The monoisotopic (exact) mass is 458 g/mol. The van der Waals surface area contributed by atoms with Gasteiger partial charge in [0.15, 0.2) is 5.84 Å². The van der Waals surface area contributed by atoms with E-state index in [2.05, 4.69) is 33.2 Å². The summed E-state index contributed by atoms with van der Waals surface area (Å²) in [6.45, 7) is 4.87. The SMILES string of the molecule is COc1cc(/C=C2\CC3(CC3)CN3C2=NOC3(C)c2ccc(F)cc2)ccc1-n1cnc(C)c1. The average molecular weight is 459 g/mol. The fourth-order valence-electron chi connectivity index (χ4n) is 5.11. The van der Waals surface area contributed by atoms with Crippen molar-refractivity contribution in [3.8, 4) is 11.4 Å². The number of piperidine rings is 1. The molecule has 174 valence electrons. The molecule has 0 bridgehead atoms. The molecule has 1 spiro atoms. The molecule has 2 aromatic carbocycles. The third kappa shape index (κ3) is 3.38. The van der Waals surface area contributed by atoms with E-state index in [0.29, 0.717) is 0 Å². The van der Waals surface area contributed by atoms with Gasteiger partial charge in [-0.15, -0.1) is 0 Å². The van der Waals surface area contributed by atoms with Crippen LogP contribution >= 0.6 is 0 Å². The predicted octanol–water partition coefficient (Wildman–Crippen LogP) is 5.41. The first-order valence-electron chi connectivity index (χ1n) is 11.6. The average Bonchev–Trinajstić information content (AvgIpc) is 3.27. The van der Waals surface area contributed by atoms with E-state index >= 15 is 0 Å². The first-order valence-corrected chi connectivity index (χ1v) is 11.6. The Morgan fingerprint density at radius 1 is 1.15 bits per heavy atom. The van der Waals surface area contributed by atoms with Crippen LogP contribution in [0.5, 0.6) is 5.75 Å². The van der Waals surface area contributed by atoms with Crippen molar-refractivity contribution in [2.75, 3.05) is 13.7 Å².